The third-order valence-corrected chi connectivity index (χ3v) is 4.06. The molecule has 1 aromatic carbocycles. The Morgan fingerprint density at radius 1 is 1.12 bits per heavy atom. The summed E-state index contributed by atoms with van der Waals surface area (Å²) in [4.78, 5) is 22.5. The molecule has 126 valence electrons. The zero-order valence-electron chi connectivity index (χ0n) is 13.3. The molecule has 7 nitrogen and oxygen atoms in total. The van der Waals surface area contributed by atoms with Gasteiger partial charge in [0.25, 0.3) is 0 Å². The summed E-state index contributed by atoms with van der Waals surface area (Å²) in [7, 11) is 4.41. The van der Waals surface area contributed by atoms with Gasteiger partial charge >= 0.3 is 5.00 Å². The average Bonchev–Trinajstić information content (AvgIpc) is 3.07. The molecule has 0 unspecified atom stereocenters. The number of rotatable bonds is 7. The number of hydrogen-bond donors (Lipinski definition) is 0. The van der Waals surface area contributed by atoms with Crippen molar-refractivity contribution in [2.45, 2.75) is 0 Å². The molecule has 0 aliphatic heterocycles. The molecule has 0 aliphatic carbocycles. The Morgan fingerprint density at radius 3 is 2.21 bits per heavy atom. The van der Waals surface area contributed by atoms with Crippen LogP contribution in [0, 0.1) is 10.1 Å². The molecule has 0 spiro atoms. The van der Waals surface area contributed by atoms with Gasteiger partial charge in [0, 0.05) is 17.0 Å². The van der Waals surface area contributed by atoms with Crippen molar-refractivity contribution in [1.82, 2.24) is 0 Å². The molecular weight excluding hydrogens is 334 g/mol. The van der Waals surface area contributed by atoms with E-state index in [1.165, 1.54) is 39.5 Å². The summed E-state index contributed by atoms with van der Waals surface area (Å²) in [5, 5.41) is 12.3. The third kappa shape index (κ3) is 3.72. The molecule has 24 heavy (non-hydrogen) atoms. The van der Waals surface area contributed by atoms with Gasteiger partial charge in [0.05, 0.1) is 26.3 Å². The maximum Gasteiger partial charge on any atom is 0.324 e. The van der Waals surface area contributed by atoms with E-state index in [0.29, 0.717) is 28.4 Å². The highest BCUT2D eigenvalue weighted by Gasteiger charge is 2.16. The van der Waals surface area contributed by atoms with Crippen LogP contribution in [0.25, 0.3) is 6.08 Å². The van der Waals surface area contributed by atoms with Crippen LogP contribution in [0.5, 0.6) is 17.2 Å². The maximum atomic E-state index is 12.3. The highest BCUT2D eigenvalue weighted by Crippen LogP contribution is 2.38. The number of carbonyl (C=O) groups excluding carboxylic acids is 1. The number of nitro groups is 1. The van der Waals surface area contributed by atoms with Gasteiger partial charge in [0.1, 0.15) is 0 Å². The van der Waals surface area contributed by atoms with Gasteiger partial charge in [-0.05, 0) is 29.8 Å². The molecule has 2 aromatic rings. The Bertz CT molecular complexity index is 771. The van der Waals surface area contributed by atoms with E-state index >= 15 is 0 Å². The van der Waals surface area contributed by atoms with Crippen LogP contribution in [0.15, 0.2) is 29.7 Å². The third-order valence-electron chi connectivity index (χ3n) is 3.16. The lowest BCUT2D eigenvalue weighted by Gasteiger charge is -2.13. The summed E-state index contributed by atoms with van der Waals surface area (Å²) in [6, 6.07) is 4.50. The van der Waals surface area contributed by atoms with Gasteiger partial charge in [-0.2, -0.15) is 0 Å². The fraction of sp³-hybridized carbons (Fsp3) is 0.188. The SMILES string of the molecule is COc1cc(C(=O)C=Cc2csc([N+](=O)[O-])c2)cc(OC)c1OC. The molecule has 0 aliphatic rings. The van der Waals surface area contributed by atoms with Crippen molar-refractivity contribution < 1.29 is 23.9 Å². The van der Waals surface area contributed by atoms with Crippen LogP contribution in [0.4, 0.5) is 5.00 Å². The largest absolute Gasteiger partial charge is 0.493 e. The van der Waals surface area contributed by atoms with Gasteiger partial charge in [0.2, 0.25) is 5.75 Å². The average molecular weight is 349 g/mol. The Balaban J connectivity index is 2.28. The lowest BCUT2D eigenvalue weighted by Crippen LogP contribution is -2.00. The smallest absolute Gasteiger partial charge is 0.324 e. The van der Waals surface area contributed by atoms with E-state index in [9.17, 15) is 14.9 Å². The van der Waals surface area contributed by atoms with E-state index in [-0.39, 0.29) is 10.8 Å². The van der Waals surface area contributed by atoms with Crippen molar-refractivity contribution in [3.8, 4) is 17.2 Å². The van der Waals surface area contributed by atoms with Gasteiger partial charge in [-0.1, -0.05) is 11.3 Å². The van der Waals surface area contributed by atoms with E-state index < -0.39 is 4.92 Å². The summed E-state index contributed by atoms with van der Waals surface area (Å²) in [5.41, 5.74) is 0.943. The van der Waals surface area contributed by atoms with E-state index in [1.54, 1.807) is 17.5 Å². The summed E-state index contributed by atoms with van der Waals surface area (Å²) >= 11 is 1.00. The van der Waals surface area contributed by atoms with Crippen molar-refractivity contribution in [3.63, 3.8) is 0 Å². The molecule has 0 fully saturated rings. The number of ketones is 1. The fourth-order valence-corrected chi connectivity index (χ4v) is 2.71. The Hall–Kier alpha value is -2.87. The molecular formula is C16H15NO6S. The minimum atomic E-state index is -0.469. The first-order valence-electron chi connectivity index (χ1n) is 6.75. The number of nitrogens with zero attached hydrogens (tertiary/aromatic N) is 1. The molecule has 0 N–H and O–H groups in total. The van der Waals surface area contributed by atoms with E-state index in [4.69, 9.17) is 14.2 Å². The number of carbonyl (C=O) groups is 1. The molecule has 8 heteroatoms. The van der Waals surface area contributed by atoms with Crippen LogP contribution < -0.4 is 14.2 Å². The Morgan fingerprint density at radius 2 is 1.75 bits per heavy atom. The van der Waals surface area contributed by atoms with Crippen molar-refractivity contribution in [3.05, 3.63) is 50.9 Å². The van der Waals surface area contributed by atoms with Crippen molar-refractivity contribution >= 4 is 28.2 Å². The molecule has 0 bridgehead atoms. The summed E-state index contributed by atoms with van der Waals surface area (Å²) < 4.78 is 15.6. The topological polar surface area (TPSA) is 87.9 Å². The summed E-state index contributed by atoms with van der Waals surface area (Å²) in [6.45, 7) is 0. The molecule has 2 rings (SSSR count). The second-order valence-electron chi connectivity index (χ2n) is 4.59. The van der Waals surface area contributed by atoms with Gasteiger partial charge in [-0.3, -0.25) is 14.9 Å². The molecule has 1 aromatic heterocycles. The normalized spacial score (nSPS) is 10.6. The summed E-state index contributed by atoms with van der Waals surface area (Å²) in [6.07, 6.45) is 2.86. The fourth-order valence-electron chi connectivity index (χ4n) is 2.01. The molecule has 0 amide bonds. The predicted molar refractivity (Wildman–Crippen MR) is 90.4 cm³/mol. The minimum absolute atomic E-state index is 0.0230. The molecule has 0 saturated carbocycles. The highest BCUT2D eigenvalue weighted by atomic mass is 32.1. The first-order chi connectivity index (χ1) is 11.5. The van der Waals surface area contributed by atoms with Crippen LogP contribution >= 0.6 is 11.3 Å². The Kier molecular flexibility index (Phi) is 5.54. The molecule has 0 atom stereocenters. The number of thiophene rings is 1. The first-order valence-corrected chi connectivity index (χ1v) is 7.63. The second-order valence-corrected chi connectivity index (χ2v) is 5.48. The van der Waals surface area contributed by atoms with Crippen molar-refractivity contribution in [1.29, 1.82) is 0 Å². The standard InChI is InChI=1S/C16H15NO6S/c1-21-13-7-11(8-14(22-2)16(13)23-3)12(18)5-4-10-6-15(17(19)20)24-9-10/h4-9H,1-3H3. The highest BCUT2D eigenvalue weighted by molar-refractivity contribution is 7.13. The lowest BCUT2D eigenvalue weighted by atomic mass is 10.1. The number of methoxy groups -OCH3 is 3. The molecule has 0 radical (unpaired) electrons. The quantitative estimate of drug-likeness (QED) is 0.329. The second kappa shape index (κ2) is 7.60. The monoisotopic (exact) mass is 349 g/mol. The van der Waals surface area contributed by atoms with Crippen LogP contribution in [0.2, 0.25) is 0 Å². The maximum absolute atomic E-state index is 12.3. The molecule has 0 saturated heterocycles. The zero-order valence-corrected chi connectivity index (χ0v) is 14.1. The van der Waals surface area contributed by atoms with Crippen LogP contribution in [0.3, 0.4) is 0 Å². The number of hydrogen-bond acceptors (Lipinski definition) is 7. The number of allylic oxidation sites excluding steroid dienone is 1. The lowest BCUT2D eigenvalue weighted by molar-refractivity contribution is -0.380. The van der Waals surface area contributed by atoms with Gasteiger partial charge in [-0.15, -0.1) is 0 Å². The van der Waals surface area contributed by atoms with Crippen LogP contribution in [-0.4, -0.2) is 32.0 Å². The van der Waals surface area contributed by atoms with Crippen molar-refractivity contribution in [2.24, 2.45) is 0 Å². The van der Waals surface area contributed by atoms with E-state index in [0.717, 1.165) is 11.3 Å². The molecule has 1 heterocycles. The number of benzene rings is 1. The van der Waals surface area contributed by atoms with E-state index in [1.807, 2.05) is 0 Å². The minimum Gasteiger partial charge on any atom is -0.493 e. The van der Waals surface area contributed by atoms with Crippen LogP contribution in [0.1, 0.15) is 15.9 Å². The first kappa shape index (κ1) is 17.5. The number of ether oxygens (including phenoxy) is 3. The van der Waals surface area contributed by atoms with Crippen LogP contribution in [-0.2, 0) is 0 Å². The predicted octanol–water partition coefficient (Wildman–Crippen LogP) is 3.58. The van der Waals surface area contributed by atoms with Gasteiger partial charge in [-0.25, -0.2) is 0 Å². The summed E-state index contributed by atoms with van der Waals surface area (Å²) in [5.74, 6) is 0.858. The van der Waals surface area contributed by atoms with Crippen molar-refractivity contribution in [2.75, 3.05) is 21.3 Å². The van der Waals surface area contributed by atoms with E-state index in [2.05, 4.69) is 0 Å². The van der Waals surface area contributed by atoms with Gasteiger partial charge in [0.15, 0.2) is 17.3 Å². The Labute approximate surface area is 142 Å². The zero-order chi connectivity index (χ0) is 17.7. The van der Waals surface area contributed by atoms with Gasteiger partial charge < -0.3 is 14.2 Å².